The van der Waals surface area contributed by atoms with Crippen molar-refractivity contribution in [2.75, 3.05) is 25.0 Å². The fourth-order valence-corrected chi connectivity index (χ4v) is 4.80. The maximum Gasteiger partial charge on any atom is 0.434 e. The van der Waals surface area contributed by atoms with E-state index >= 15 is 0 Å². The summed E-state index contributed by atoms with van der Waals surface area (Å²) >= 11 is 0.980. The summed E-state index contributed by atoms with van der Waals surface area (Å²) in [6, 6.07) is 3.58. The van der Waals surface area contributed by atoms with Crippen molar-refractivity contribution in [1.82, 2.24) is 19.2 Å². The quantitative estimate of drug-likeness (QED) is 0.396. The molecular weight excluding hydrogens is 543 g/mol. The second-order valence-corrected chi connectivity index (χ2v) is 9.47. The van der Waals surface area contributed by atoms with Crippen molar-refractivity contribution in [3.8, 4) is 5.75 Å². The number of nitrogens with one attached hydrogen (secondary N) is 1. The van der Waals surface area contributed by atoms with Crippen LogP contribution in [0.1, 0.15) is 38.7 Å². The van der Waals surface area contributed by atoms with Gasteiger partial charge in [0.1, 0.15) is 6.10 Å². The van der Waals surface area contributed by atoms with Gasteiger partial charge in [-0.2, -0.15) is 30.7 Å². The average Bonchev–Trinajstić information content (AvgIpc) is 3.40. The third-order valence-corrected chi connectivity index (χ3v) is 6.55. The molecule has 1 aliphatic heterocycles. The van der Waals surface area contributed by atoms with E-state index in [9.17, 15) is 35.5 Å². The number of carbonyl (C=O) groups is 1. The Morgan fingerprint density at radius 2 is 1.95 bits per heavy atom. The van der Waals surface area contributed by atoms with Crippen LogP contribution in [0.15, 0.2) is 30.6 Å². The first-order valence-corrected chi connectivity index (χ1v) is 12.0. The van der Waals surface area contributed by atoms with Gasteiger partial charge in [-0.1, -0.05) is 0 Å². The van der Waals surface area contributed by atoms with Crippen LogP contribution in [-0.2, 0) is 12.6 Å². The largest absolute Gasteiger partial charge is 0.486 e. The molecule has 0 bridgehead atoms. The van der Waals surface area contributed by atoms with E-state index in [1.54, 1.807) is 6.92 Å². The van der Waals surface area contributed by atoms with Crippen LogP contribution in [0.3, 0.4) is 0 Å². The summed E-state index contributed by atoms with van der Waals surface area (Å²) in [7, 11) is 0. The Morgan fingerprint density at radius 1 is 1.18 bits per heavy atom. The first-order chi connectivity index (χ1) is 17.8. The second kappa shape index (κ2) is 10.8. The van der Waals surface area contributed by atoms with Gasteiger partial charge in [-0.15, -0.1) is 0 Å². The summed E-state index contributed by atoms with van der Waals surface area (Å²) in [6.07, 6.45) is -7.77. The summed E-state index contributed by atoms with van der Waals surface area (Å²) in [4.78, 5) is 21.8. The number of anilines is 1. The van der Waals surface area contributed by atoms with E-state index in [2.05, 4.69) is 19.7 Å². The zero-order valence-electron chi connectivity index (χ0n) is 19.7. The Balaban J connectivity index is 1.44. The summed E-state index contributed by atoms with van der Waals surface area (Å²) in [5.74, 6) is -1.56. The number of hydrogen-bond donors (Lipinski definition) is 1. The molecule has 3 heterocycles. The zero-order valence-corrected chi connectivity index (χ0v) is 20.5. The molecule has 0 saturated carbocycles. The molecule has 38 heavy (non-hydrogen) atoms. The molecule has 15 heteroatoms. The van der Waals surface area contributed by atoms with E-state index in [-0.39, 0.29) is 48.6 Å². The van der Waals surface area contributed by atoms with Gasteiger partial charge < -0.3 is 10.1 Å². The maximum absolute atomic E-state index is 14.4. The first-order valence-electron chi connectivity index (χ1n) is 11.2. The standard InChI is InChI=1S/C23H20F7N5O2S/c1-12-20(18(38-34-12)7-14-8-32-19(9-31-14)23(28,29)30)21(36)33-13-2-3-16(24)17(6-13)37-15-4-5-35(10-15)11-22(25,26)27/h2-3,6,8-9,15H,4-5,7,10-11H2,1H3,(H,33,36). The number of carbonyl (C=O) groups excluding carboxylic acids is 1. The van der Waals surface area contributed by atoms with E-state index in [0.29, 0.717) is 16.8 Å². The van der Waals surface area contributed by atoms with Gasteiger partial charge in [-0.25, -0.2) is 9.37 Å². The van der Waals surface area contributed by atoms with Crippen molar-refractivity contribution in [2.45, 2.75) is 38.2 Å². The summed E-state index contributed by atoms with van der Waals surface area (Å²) in [6.45, 7) is 0.628. The smallest absolute Gasteiger partial charge is 0.434 e. The zero-order chi connectivity index (χ0) is 27.7. The molecule has 0 spiro atoms. The number of ether oxygens (including phenoxy) is 1. The van der Waals surface area contributed by atoms with Gasteiger partial charge >= 0.3 is 12.4 Å². The van der Waals surface area contributed by atoms with Crippen LogP contribution in [0.5, 0.6) is 5.75 Å². The van der Waals surface area contributed by atoms with E-state index < -0.39 is 42.4 Å². The lowest BCUT2D eigenvalue weighted by atomic mass is 10.1. The molecule has 0 radical (unpaired) electrons. The van der Waals surface area contributed by atoms with Crippen molar-refractivity contribution >= 4 is 23.1 Å². The van der Waals surface area contributed by atoms with Crippen LogP contribution < -0.4 is 10.1 Å². The molecule has 7 nitrogen and oxygen atoms in total. The number of likely N-dealkylation sites (tertiary alicyclic amines) is 1. The lowest BCUT2D eigenvalue weighted by molar-refractivity contribution is -0.144. The molecule has 3 aromatic rings. The van der Waals surface area contributed by atoms with Crippen molar-refractivity contribution in [3.63, 3.8) is 0 Å². The maximum atomic E-state index is 14.4. The minimum Gasteiger partial charge on any atom is -0.486 e. The molecular formula is C23H20F7N5O2S. The first kappa shape index (κ1) is 27.7. The van der Waals surface area contributed by atoms with Crippen LogP contribution in [0.2, 0.25) is 0 Å². The number of aromatic nitrogens is 3. The number of rotatable bonds is 7. The van der Waals surface area contributed by atoms with Gasteiger partial charge in [0, 0.05) is 42.3 Å². The van der Waals surface area contributed by atoms with E-state index in [1.807, 2.05) is 0 Å². The summed E-state index contributed by atoms with van der Waals surface area (Å²) in [5.41, 5.74) is -0.217. The highest BCUT2D eigenvalue weighted by Gasteiger charge is 2.35. The highest BCUT2D eigenvalue weighted by atomic mass is 32.1. The Kier molecular flexibility index (Phi) is 7.88. The SMILES string of the molecule is Cc1nsc(Cc2cnc(C(F)(F)F)cn2)c1C(=O)Nc1ccc(F)c(OC2CCN(CC(F)(F)F)C2)c1. The highest BCUT2D eigenvalue weighted by molar-refractivity contribution is 7.06. The van der Waals surface area contributed by atoms with Gasteiger partial charge in [0.25, 0.3) is 5.91 Å². The third-order valence-electron chi connectivity index (χ3n) is 5.61. The molecule has 0 aliphatic carbocycles. The lowest BCUT2D eigenvalue weighted by Gasteiger charge is -2.18. The van der Waals surface area contributed by atoms with Gasteiger partial charge in [0.05, 0.1) is 29.7 Å². The molecule has 1 unspecified atom stereocenters. The van der Waals surface area contributed by atoms with Gasteiger partial charge in [0.2, 0.25) is 0 Å². The Morgan fingerprint density at radius 3 is 2.61 bits per heavy atom. The molecule has 1 N–H and O–H groups in total. The molecule has 4 rings (SSSR count). The molecule has 1 amide bonds. The molecule has 1 aromatic carbocycles. The van der Waals surface area contributed by atoms with Crippen LogP contribution in [-0.4, -0.2) is 57.1 Å². The van der Waals surface area contributed by atoms with Crippen LogP contribution >= 0.6 is 11.5 Å². The molecule has 1 aliphatic rings. The number of nitrogens with zero attached hydrogens (tertiary/aromatic N) is 4. The molecule has 1 saturated heterocycles. The third kappa shape index (κ3) is 6.95. The van der Waals surface area contributed by atoms with Crippen molar-refractivity contribution in [2.24, 2.45) is 0 Å². The molecule has 1 fully saturated rings. The van der Waals surface area contributed by atoms with Crippen molar-refractivity contribution in [3.05, 3.63) is 63.9 Å². The minimum atomic E-state index is -4.63. The van der Waals surface area contributed by atoms with Gasteiger partial charge in [-0.3, -0.25) is 14.7 Å². The predicted octanol–water partition coefficient (Wildman–Crippen LogP) is 5.26. The number of benzene rings is 1. The molecule has 1 atom stereocenters. The Bertz CT molecular complexity index is 1290. The fourth-order valence-electron chi connectivity index (χ4n) is 3.92. The number of aryl methyl sites for hydroxylation is 1. The monoisotopic (exact) mass is 563 g/mol. The average molecular weight is 563 g/mol. The Labute approximate surface area is 215 Å². The number of halogens is 7. The number of alkyl halides is 6. The number of amides is 1. The second-order valence-electron chi connectivity index (χ2n) is 8.61. The van der Waals surface area contributed by atoms with E-state index in [0.717, 1.165) is 23.8 Å². The van der Waals surface area contributed by atoms with Crippen LogP contribution in [0.25, 0.3) is 0 Å². The van der Waals surface area contributed by atoms with E-state index in [1.165, 1.54) is 17.0 Å². The predicted molar refractivity (Wildman–Crippen MR) is 123 cm³/mol. The molecule has 204 valence electrons. The minimum absolute atomic E-state index is 0.00722. The summed E-state index contributed by atoms with van der Waals surface area (Å²) in [5, 5.41) is 2.61. The highest BCUT2D eigenvalue weighted by Crippen LogP contribution is 2.29. The van der Waals surface area contributed by atoms with Crippen LogP contribution in [0.4, 0.5) is 36.4 Å². The number of hydrogen-bond acceptors (Lipinski definition) is 7. The Hall–Kier alpha value is -3.33. The topological polar surface area (TPSA) is 80.2 Å². The summed E-state index contributed by atoms with van der Waals surface area (Å²) < 4.78 is 100. The van der Waals surface area contributed by atoms with Crippen molar-refractivity contribution in [1.29, 1.82) is 0 Å². The normalized spacial score (nSPS) is 16.6. The van der Waals surface area contributed by atoms with Gasteiger partial charge in [-0.05, 0) is 37.0 Å². The van der Waals surface area contributed by atoms with Crippen molar-refractivity contribution < 1.29 is 40.3 Å². The molecule has 2 aromatic heterocycles. The van der Waals surface area contributed by atoms with Crippen LogP contribution in [0, 0.1) is 12.7 Å². The lowest BCUT2D eigenvalue weighted by Crippen LogP contribution is -2.33. The van der Waals surface area contributed by atoms with Gasteiger partial charge in [0.15, 0.2) is 17.3 Å². The van der Waals surface area contributed by atoms with E-state index in [4.69, 9.17) is 4.74 Å². The fraction of sp³-hybridized carbons (Fsp3) is 0.391.